The summed E-state index contributed by atoms with van der Waals surface area (Å²) >= 11 is 0. The van der Waals surface area contributed by atoms with Gasteiger partial charge in [0.15, 0.2) is 18.0 Å². The summed E-state index contributed by atoms with van der Waals surface area (Å²) in [7, 11) is 1.59. The van der Waals surface area contributed by atoms with Crippen LogP contribution >= 0.6 is 0 Å². The highest BCUT2D eigenvalue weighted by atomic mass is 16.5. The molecule has 7 nitrogen and oxygen atoms in total. The zero-order valence-electron chi connectivity index (χ0n) is 12.0. The van der Waals surface area contributed by atoms with E-state index in [0.717, 1.165) is 37.5 Å². The van der Waals surface area contributed by atoms with Crippen LogP contribution in [0.25, 0.3) is 0 Å². The van der Waals surface area contributed by atoms with Crippen molar-refractivity contribution < 1.29 is 9.53 Å². The van der Waals surface area contributed by atoms with Gasteiger partial charge < -0.3 is 15.4 Å². The quantitative estimate of drug-likeness (QED) is 0.489. The smallest absolute Gasteiger partial charge is 0.184 e. The molecular formula is C14H19N5O2. The second-order valence-corrected chi connectivity index (χ2v) is 4.56. The molecule has 1 aromatic rings. The summed E-state index contributed by atoms with van der Waals surface area (Å²) < 4.78 is 5.43. The zero-order valence-corrected chi connectivity index (χ0v) is 12.0. The number of pyridine rings is 1. The Bertz CT molecular complexity index is 531. The molecule has 0 amide bonds. The van der Waals surface area contributed by atoms with Gasteiger partial charge in [-0.3, -0.25) is 9.79 Å². The molecular weight excluding hydrogens is 270 g/mol. The number of anilines is 1. The minimum absolute atomic E-state index is 0.107. The van der Waals surface area contributed by atoms with Crippen molar-refractivity contribution in [1.82, 2.24) is 4.98 Å². The van der Waals surface area contributed by atoms with Crippen molar-refractivity contribution in [2.45, 2.75) is 6.42 Å². The molecule has 0 spiro atoms. The van der Waals surface area contributed by atoms with Crippen molar-refractivity contribution in [2.24, 2.45) is 15.7 Å². The first-order chi connectivity index (χ1) is 10.2. The molecule has 112 valence electrons. The van der Waals surface area contributed by atoms with E-state index < -0.39 is 0 Å². The Morgan fingerprint density at radius 2 is 2.29 bits per heavy atom. The van der Waals surface area contributed by atoms with Crippen LogP contribution in [0, 0.1) is 0 Å². The lowest BCUT2D eigenvalue weighted by Gasteiger charge is -2.20. The minimum atomic E-state index is -0.107. The summed E-state index contributed by atoms with van der Waals surface area (Å²) in [5.74, 6) is 1.18. The van der Waals surface area contributed by atoms with Gasteiger partial charge in [0.25, 0.3) is 0 Å². The third-order valence-electron chi connectivity index (χ3n) is 3.12. The summed E-state index contributed by atoms with van der Waals surface area (Å²) in [6.45, 7) is 3.26. The van der Waals surface area contributed by atoms with Crippen molar-refractivity contribution >= 4 is 23.8 Å². The Labute approximate surface area is 123 Å². The highest BCUT2D eigenvalue weighted by Crippen LogP contribution is 2.14. The monoisotopic (exact) mass is 289 g/mol. The number of rotatable bonds is 3. The van der Waals surface area contributed by atoms with Crippen LogP contribution in [-0.4, -0.2) is 56.3 Å². The molecule has 1 aromatic heterocycles. The van der Waals surface area contributed by atoms with E-state index in [1.807, 2.05) is 12.1 Å². The van der Waals surface area contributed by atoms with Gasteiger partial charge in [-0.2, -0.15) is 0 Å². The normalized spacial score (nSPS) is 17.5. The van der Waals surface area contributed by atoms with Crippen LogP contribution in [0.1, 0.15) is 12.0 Å². The van der Waals surface area contributed by atoms with E-state index in [1.54, 1.807) is 13.2 Å². The largest absolute Gasteiger partial charge is 0.381 e. The fraction of sp³-hybridized carbons (Fsp3) is 0.429. The number of aromatic nitrogens is 1. The van der Waals surface area contributed by atoms with E-state index in [-0.39, 0.29) is 5.84 Å². The molecule has 1 aliphatic rings. The van der Waals surface area contributed by atoms with Gasteiger partial charge in [-0.05, 0) is 18.6 Å². The van der Waals surface area contributed by atoms with E-state index >= 15 is 0 Å². The van der Waals surface area contributed by atoms with E-state index in [2.05, 4.69) is 19.9 Å². The number of hydrogen-bond donors (Lipinski definition) is 1. The Morgan fingerprint density at radius 1 is 1.43 bits per heavy atom. The van der Waals surface area contributed by atoms with Crippen LogP contribution in [0.5, 0.6) is 0 Å². The van der Waals surface area contributed by atoms with Gasteiger partial charge in [-0.15, -0.1) is 0 Å². The van der Waals surface area contributed by atoms with E-state index in [1.165, 1.54) is 0 Å². The van der Waals surface area contributed by atoms with Crippen molar-refractivity contribution in [3.8, 4) is 0 Å². The van der Waals surface area contributed by atoms with Crippen LogP contribution in [0.15, 0.2) is 28.3 Å². The molecule has 0 bridgehead atoms. The molecule has 2 N–H and O–H groups in total. The molecule has 2 rings (SSSR count). The van der Waals surface area contributed by atoms with Gasteiger partial charge in [-0.25, -0.2) is 9.98 Å². The molecule has 0 saturated carbocycles. The molecule has 7 heteroatoms. The zero-order chi connectivity index (χ0) is 15.1. The molecule has 0 aliphatic carbocycles. The van der Waals surface area contributed by atoms with E-state index in [0.29, 0.717) is 18.7 Å². The van der Waals surface area contributed by atoms with Crippen LogP contribution in [0.2, 0.25) is 0 Å². The maximum atomic E-state index is 10.5. The van der Waals surface area contributed by atoms with Gasteiger partial charge in [0, 0.05) is 38.5 Å². The number of carbonyl (C=O) groups is 1. The van der Waals surface area contributed by atoms with E-state index in [4.69, 9.17) is 10.5 Å². The van der Waals surface area contributed by atoms with Gasteiger partial charge >= 0.3 is 0 Å². The predicted octanol–water partition coefficient (Wildman–Crippen LogP) is 0.241. The van der Waals surface area contributed by atoms with Crippen molar-refractivity contribution in [2.75, 3.05) is 38.3 Å². The highest BCUT2D eigenvalue weighted by molar-refractivity contribution is 6.29. The lowest BCUT2D eigenvalue weighted by molar-refractivity contribution is -0.102. The number of aliphatic imine (C=N–C) groups is 2. The molecule has 0 aromatic carbocycles. The summed E-state index contributed by atoms with van der Waals surface area (Å²) in [6.07, 6.45) is 3.17. The van der Waals surface area contributed by atoms with Crippen molar-refractivity contribution in [3.05, 3.63) is 23.9 Å². The van der Waals surface area contributed by atoms with Crippen molar-refractivity contribution in [1.29, 1.82) is 0 Å². The topological polar surface area (TPSA) is 93.2 Å². The first kappa shape index (κ1) is 15.1. The van der Waals surface area contributed by atoms with Crippen LogP contribution in [-0.2, 0) is 9.53 Å². The highest BCUT2D eigenvalue weighted by Gasteiger charge is 2.11. The second-order valence-electron chi connectivity index (χ2n) is 4.56. The molecule has 0 atom stereocenters. The SMILES string of the molecule is CN=C(N=C(N)C=O)c1ccc(N2CCCOCC2)nc1. The average Bonchev–Trinajstić information content (AvgIpc) is 2.81. The van der Waals surface area contributed by atoms with Gasteiger partial charge in [0.1, 0.15) is 5.82 Å². The van der Waals surface area contributed by atoms with Crippen molar-refractivity contribution in [3.63, 3.8) is 0 Å². The van der Waals surface area contributed by atoms with Crippen LogP contribution in [0.4, 0.5) is 5.82 Å². The number of amidine groups is 2. The Hall–Kier alpha value is -2.28. The summed E-state index contributed by atoms with van der Waals surface area (Å²) in [5, 5.41) is 0. The van der Waals surface area contributed by atoms with Gasteiger partial charge in [-0.1, -0.05) is 0 Å². The molecule has 1 fully saturated rings. The Balaban J connectivity index is 2.15. The van der Waals surface area contributed by atoms with Gasteiger partial charge in [0.2, 0.25) is 0 Å². The van der Waals surface area contributed by atoms with Gasteiger partial charge in [0.05, 0.1) is 6.61 Å². The molecule has 0 unspecified atom stereocenters. The van der Waals surface area contributed by atoms with Crippen LogP contribution in [0.3, 0.4) is 0 Å². The fourth-order valence-corrected chi connectivity index (χ4v) is 2.07. The molecule has 1 aliphatic heterocycles. The average molecular weight is 289 g/mol. The molecule has 21 heavy (non-hydrogen) atoms. The second kappa shape index (κ2) is 7.49. The maximum Gasteiger partial charge on any atom is 0.184 e. The number of carbonyl (C=O) groups excluding carboxylic acids is 1. The standard InChI is InChI=1S/C14H19N5O2/c1-16-14(18-12(15)10-20)11-3-4-13(17-9-11)19-5-2-7-21-8-6-19/h3-4,9-10H,2,5-8H2,1H3,(H2,15,16,18). The molecule has 2 heterocycles. The maximum absolute atomic E-state index is 10.5. The first-order valence-electron chi connectivity index (χ1n) is 6.80. The number of ether oxygens (including phenoxy) is 1. The van der Waals surface area contributed by atoms with E-state index in [9.17, 15) is 4.79 Å². The Kier molecular flexibility index (Phi) is 5.39. The minimum Gasteiger partial charge on any atom is -0.381 e. The lowest BCUT2D eigenvalue weighted by atomic mass is 10.2. The van der Waals surface area contributed by atoms with Crippen LogP contribution < -0.4 is 10.6 Å². The lowest BCUT2D eigenvalue weighted by Crippen LogP contribution is -2.26. The summed E-state index contributed by atoms with van der Waals surface area (Å²) in [5.41, 5.74) is 6.13. The summed E-state index contributed by atoms with van der Waals surface area (Å²) in [4.78, 5) is 25.1. The predicted molar refractivity (Wildman–Crippen MR) is 82.0 cm³/mol. The molecule has 0 radical (unpaired) electrons. The third kappa shape index (κ3) is 4.09. The third-order valence-corrected chi connectivity index (χ3v) is 3.12. The first-order valence-corrected chi connectivity index (χ1v) is 6.80. The number of hydrogen-bond acceptors (Lipinski definition) is 5. The number of aldehydes is 1. The summed E-state index contributed by atoms with van der Waals surface area (Å²) in [6, 6.07) is 3.79. The Morgan fingerprint density at radius 3 is 2.95 bits per heavy atom. The number of nitrogens with zero attached hydrogens (tertiary/aromatic N) is 4. The fourth-order valence-electron chi connectivity index (χ4n) is 2.07. The molecule has 1 saturated heterocycles. The number of nitrogens with two attached hydrogens (primary N) is 1.